The Bertz CT molecular complexity index is 148. The second-order valence-electron chi connectivity index (χ2n) is 2.20. The maximum absolute atomic E-state index is 10.0. The number of carbonyl (C=O) groups excluding carboxylic acids is 2. The highest BCUT2D eigenvalue weighted by Crippen LogP contribution is 1.95. The Morgan fingerprint density at radius 1 is 1.18 bits per heavy atom. The van der Waals surface area contributed by atoms with E-state index >= 15 is 0 Å². The first-order chi connectivity index (χ1) is 4.95. The summed E-state index contributed by atoms with van der Waals surface area (Å²) >= 11 is 0. The average molecular weight is 160 g/mol. The lowest BCUT2D eigenvalue weighted by atomic mass is 10.3. The van der Waals surface area contributed by atoms with E-state index in [0.717, 1.165) is 0 Å². The third-order valence-corrected chi connectivity index (χ3v) is 0.836. The van der Waals surface area contributed by atoms with Gasteiger partial charge < -0.3 is 24.5 Å². The van der Waals surface area contributed by atoms with Crippen molar-refractivity contribution in [2.75, 3.05) is 0 Å². The fourth-order valence-electron chi connectivity index (χ4n) is 0.480. The molecule has 0 saturated carbocycles. The monoisotopic (exact) mass is 160 g/mol. The van der Waals surface area contributed by atoms with E-state index in [1.807, 2.05) is 0 Å². The molecule has 0 radical (unpaired) electrons. The molecule has 5 heteroatoms. The zero-order chi connectivity index (χ0) is 9.02. The zero-order valence-corrected chi connectivity index (χ0v) is 6.20. The molecule has 0 bridgehead atoms. The molecule has 0 aliphatic heterocycles. The molecule has 0 atom stereocenters. The third kappa shape index (κ3) is 3.57. The van der Waals surface area contributed by atoms with Gasteiger partial charge in [-0.2, -0.15) is 0 Å². The summed E-state index contributed by atoms with van der Waals surface area (Å²) in [7, 11) is 0. The van der Waals surface area contributed by atoms with Gasteiger partial charge in [0.2, 0.25) is 0 Å². The molecule has 0 fully saturated rings. The normalized spacial score (nSPS) is 10.5. The molecule has 0 aliphatic carbocycles. The molecule has 5 nitrogen and oxygen atoms in total. The molecular weight excluding hydrogens is 152 g/mol. The van der Waals surface area contributed by atoms with Gasteiger partial charge in [0.25, 0.3) is 0 Å². The van der Waals surface area contributed by atoms with E-state index in [1.165, 1.54) is 13.8 Å². The lowest BCUT2D eigenvalue weighted by Gasteiger charge is -2.21. The summed E-state index contributed by atoms with van der Waals surface area (Å²) in [6.45, 7) is 3.03. The van der Waals surface area contributed by atoms with Gasteiger partial charge in [0.05, 0.1) is 18.0 Å². The largest absolute Gasteiger partial charge is 0.547 e. The Kier molecular flexibility index (Phi) is 3.53. The van der Waals surface area contributed by atoms with Crippen LogP contribution in [0.25, 0.3) is 0 Å². The van der Waals surface area contributed by atoms with E-state index in [2.05, 4.69) is 4.74 Å². The summed E-state index contributed by atoms with van der Waals surface area (Å²) in [6.07, 6.45) is -2.47. The minimum Gasteiger partial charge on any atom is -0.547 e. The molecule has 64 valence electrons. The maximum Gasteiger partial charge on any atom is 0.136 e. The quantitative estimate of drug-likeness (QED) is 0.417. The van der Waals surface area contributed by atoms with E-state index < -0.39 is 24.1 Å². The van der Waals surface area contributed by atoms with Gasteiger partial charge in [-0.1, -0.05) is 0 Å². The number of hydrogen-bond acceptors (Lipinski definition) is 5. The number of carbonyl (C=O) groups is 2. The van der Waals surface area contributed by atoms with Crippen LogP contribution in [0.15, 0.2) is 0 Å². The number of hydrogen-bond donors (Lipinski definition) is 0. The summed E-state index contributed by atoms with van der Waals surface area (Å²) in [4.78, 5) is 20.0. The SMILES string of the molecule is CC(C)OC(C(=O)[O-])C(=O)[O-]. The number of carboxylic acids is 2. The summed E-state index contributed by atoms with van der Waals surface area (Å²) < 4.78 is 4.45. The molecule has 11 heavy (non-hydrogen) atoms. The third-order valence-electron chi connectivity index (χ3n) is 0.836. The van der Waals surface area contributed by atoms with Crippen molar-refractivity contribution in [2.24, 2.45) is 0 Å². The van der Waals surface area contributed by atoms with Crippen molar-refractivity contribution in [3.63, 3.8) is 0 Å². The van der Waals surface area contributed by atoms with Crippen LogP contribution in [0.1, 0.15) is 13.8 Å². The molecule has 0 spiro atoms. The predicted octanol–water partition coefficient (Wildman–Crippen LogP) is -2.72. The number of carboxylic acid groups (broad SMARTS) is 2. The van der Waals surface area contributed by atoms with E-state index in [-0.39, 0.29) is 0 Å². The van der Waals surface area contributed by atoms with Crippen molar-refractivity contribution in [1.82, 2.24) is 0 Å². The lowest BCUT2D eigenvalue weighted by Crippen LogP contribution is -2.50. The van der Waals surface area contributed by atoms with Crippen LogP contribution in [-0.4, -0.2) is 24.1 Å². The first-order valence-electron chi connectivity index (χ1n) is 3.02. The van der Waals surface area contributed by atoms with Crippen molar-refractivity contribution in [3.8, 4) is 0 Å². The minimum atomic E-state index is -1.98. The van der Waals surface area contributed by atoms with Gasteiger partial charge in [0.1, 0.15) is 6.10 Å². The molecule has 0 heterocycles. The molecule has 0 aliphatic rings. The van der Waals surface area contributed by atoms with Gasteiger partial charge in [0.15, 0.2) is 0 Å². The van der Waals surface area contributed by atoms with Gasteiger partial charge in [-0.25, -0.2) is 0 Å². The van der Waals surface area contributed by atoms with Gasteiger partial charge in [0, 0.05) is 0 Å². The molecule has 0 saturated heterocycles. The van der Waals surface area contributed by atoms with Gasteiger partial charge in [-0.15, -0.1) is 0 Å². The Balaban J connectivity index is 4.12. The first-order valence-corrected chi connectivity index (χ1v) is 3.02. The molecule has 0 N–H and O–H groups in total. The van der Waals surface area contributed by atoms with Gasteiger partial charge in [-0.05, 0) is 13.8 Å². The molecule has 0 aromatic heterocycles. The van der Waals surface area contributed by atoms with Crippen molar-refractivity contribution < 1.29 is 24.5 Å². The van der Waals surface area contributed by atoms with Crippen LogP contribution in [0, 0.1) is 0 Å². The molecule has 0 unspecified atom stereocenters. The van der Waals surface area contributed by atoms with Crippen molar-refractivity contribution in [3.05, 3.63) is 0 Å². The van der Waals surface area contributed by atoms with Gasteiger partial charge in [-0.3, -0.25) is 0 Å². The second-order valence-corrected chi connectivity index (χ2v) is 2.20. The van der Waals surface area contributed by atoms with Crippen molar-refractivity contribution in [2.45, 2.75) is 26.1 Å². The smallest absolute Gasteiger partial charge is 0.136 e. The fraction of sp³-hybridized carbons (Fsp3) is 0.667. The van der Waals surface area contributed by atoms with Gasteiger partial charge >= 0.3 is 0 Å². The first kappa shape index (κ1) is 9.90. The van der Waals surface area contributed by atoms with Crippen LogP contribution in [0.5, 0.6) is 0 Å². The summed E-state index contributed by atoms with van der Waals surface area (Å²) in [5.74, 6) is -3.59. The molecular formula is C6H8O5-2. The highest BCUT2D eigenvalue weighted by atomic mass is 16.5. The highest BCUT2D eigenvalue weighted by molar-refractivity contribution is 5.93. The van der Waals surface area contributed by atoms with Crippen molar-refractivity contribution >= 4 is 11.9 Å². The Morgan fingerprint density at radius 2 is 1.55 bits per heavy atom. The number of rotatable bonds is 4. The summed E-state index contributed by atoms with van der Waals surface area (Å²) in [5.41, 5.74) is 0. The number of aliphatic carboxylic acids is 2. The maximum atomic E-state index is 10.0. The van der Waals surface area contributed by atoms with Crippen LogP contribution in [0.4, 0.5) is 0 Å². The Labute approximate surface area is 63.6 Å². The molecule has 0 amide bonds. The average Bonchev–Trinajstić information content (AvgIpc) is 1.81. The van der Waals surface area contributed by atoms with E-state index in [0.29, 0.717) is 0 Å². The summed E-state index contributed by atoms with van der Waals surface area (Å²) in [6, 6.07) is 0. The summed E-state index contributed by atoms with van der Waals surface area (Å²) in [5, 5.41) is 20.0. The van der Waals surface area contributed by atoms with Crippen molar-refractivity contribution in [1.29, 1.82) is 0 Å². The number of ether oxygens (including phenoxy) is 1. The van der Waals surface area contributed by atoms with E-state index in [9.17, 15) is 19.8 Å². The fourth-order valence-corrected chi connectivity index (χ4v) is 0.480. The van der Waals surface area contributed by atoms with Crippen LogP contribution in [0.2, 0.25) is 0 Å². The molecule has 0 aromatic carbocycles. The Hall–Kier alpha value is -1.10. The van der Waals surface area contributed by atoms with E-state index in [4.69, 9.17) is 0 Å². The second kappa shape index (κ2) is 3.92. The van der Waals surface area contributed by atoms with Crippen LogP contribution < -0.4 is 10.2 Å². The zero-order valence-electron chi connectivity index (χ0n) is 6.20. The standard InChI is InChI=1S/C6H10O5/c1-3(2)11-4(5(7)8)6(9)10/h3-4H,1-2H3,(H,7,8)(H,9,10)/p-2. The topological polar surface area (TPSA) is 89.5 Å². The van der Waals surface area contributed by atoms with Crippen LogP contribution in [-0.2, 0) is 14.3 Å². The van der Waals surface area contributed by atoms with Crippen LogP contribution >= 0.6 is 0 Å². The van der Waals surface area contributed by atoms with E-state index in [1.54, 1.807) is 0 Å². The highest BCUT2D eigenvalue weighted by Gasteiger charge is 2.12. The molecule has 0 aromatic rings. The minimum absolute atomic E-state index is 0.490. The predicted molar refractivity (Wildman–Crippen MR) is 30.0 cm³/mol. The van der Waals surface area contributed by atoms with Crippen LogP contribution in [0.3, 0.4) is 0 Å². The molecule has 0 rings (SSSR count). The lowest BCUT2D eigenvalue weighted by molar-refractivity contribution is -0.340. The Morgan fingerprint density at radius 3 is 1.64 bits per heavy atom.